The molecular weight excluding hydrogens is 242 g/mol. The summed E-state index contributed by atoms with van der Waals surface area (Å²) in [6.45, 7) is 3.97. The van der Waals surface area contributed by atoms with Crippen LogP contribution in [0.25, 0.3) is 0 Å². The molecule has 17 heavy (non-hydrogen) atoms. The van der Waals surface area contributed by atoms with Crippen molar-refractivity contribution in [2.24, 2.45) is 0 Å². The SMILES string of the molecule is CCOC(=O)c1nc(NCC(=O)NC)sc1C. The minimum atomic E-state index is -0.436. The second-order valence-corrected chi connectivity index (χ2v) is 4.37. The second kappa shape index (κ2) is 6.19. The molecule has 0 spiro atoms. The van der Waals surface area contributed by atoms with Crippen LogP contribution in [-0.4, -0.2) is 37.1 Å². The summed E-state index contributed by atoms with van der Waals surface area (Å²) in [6.07, 6.45) is 0. The first-order valence-corrected chi connectivity index (χ1v) is 5.99. The fourth-order valence-corrected chi connectivity index (χ4v) is 1.90. The van der Waals surface area contributed by atoms with Crippen molar-refractivity contribution in [2.75, 3.05) is 25.5 Å². The van der Waals surface area contributed by atoms with Gasteiger partial charge in [0.1, 0.15) is 0 Å². The Kier molecular flexibility index (Phi) is 4.89. The molecule has 1 aromatic heterocycles. The third-order valence-electron chi connectivity index (χ3n) is 1.94. The number of carbonyl (C=O) groups excluding carboxylic acids is 2. The maximum absolute atomic E-state index is 11.5. The van der Waals surface area contributed by atoms with Crippen LogP contribution in [0.1, 0.15) is 22.3 Å². The van der Waals surface area contributed by atoms with E-state index in [1.54, 1.807) is 20.9 Å². The first-order chi connectivity index (χ1) is 8.08. The number of nitrogens with zero attached hydrogens (tertiary/aromatic N) is 1. The Bertz CT molecular complexity index is 417. The van der Waals surface area contributed by atoms with Crippen molar-refractivity contribution in [3.05, 3.63) is 10.6 Å². The van der Waals surface area contributed by atoms with Crippen LogP contribution in [-0.2, 0) is 9.53 Å². The zero-order valence-electron chi connectivity index (χ0n) is 9.99. The van der Waals surface area contributed by atoms with Gasteiger partial charge in [-0.15, -0.1) is 11.3 Å². The molecule has 0 saturated carbocycles. The number of rotatable bonds is 5. The Morgan fingerprint density at radius 3 is 2.76 bits per heavy atom. The van der Waals surface area contributed by atoms with Crippen molar-refractivity contribution in [3.8, 4) is 0 Å². The number of thiazole rings is 1. The van der Waals surface area contributed by atoms with Gasteiger partial charge < -0.3 is 15.4 Å². The van der Waals surface area contributed by atoms with E-state index in [4.69, 9.17) is 4.74 Å². The van der Waals surface area contributed by atoms with Crippen LogP contribution >= 0.6 is 11.3 Å². The lowest BCUT2D eigenvalue weighted by Crippen LogP contribution is -2.26. The van der Waals surface area contributed by atoms with E-state index < -0.39 is 5.97 Å². The summed E-state index contributed by atoms with van der Waals surface area (Å²) in [5.41, 5.74) is 0.302. The molecule has 0 radical (unpaired) electrons. The smallest absolute Gasteiger partial charge is 0.358 e. The van der Waals surface area contributed by atoms with E-state index in [1.807, 2.05) is 0 Å². The highest BCUT2D eigenvalue weighted by Crippen LogP contribution is 2.22. The number of hydrogen-bond donors (Lipinski definition) is 2. The van der Waals surface area contributed by atoms with Gasteiger partial charge in [0.2, 0.25) is 5.91 Å². The number of nitrogens with one attached hydrogen (secondary N) is 2. The molecule has 1 amide bonds. The normalized spacial score (nSPS) is 9.82. The fourth-order valence-electron chi connectivity index (χ4n) is 1.11. The van der Waals surface area contributed by atoms with E-state index in [2.05, 4.69) is 15.6 Å². The number of hydrogen-bond acceptors (Lipinski definition) is 6. The van der Waals surface area contributed by atoms with Crippen LogP contribution in [0, 0.1) is 6.92 Å². The van der Waals surface area contributed by atoms with E-state index in [1.165, 1.54) is 11.3 Å². The van der Waals surface area contributed by atoms with E-state index in [-0.39, 0.29) is 12.5 Å². The van der Waals surface area contributed by atoms with E-state index >= 15 is 0 Å². The van der Waals surface area contributed by atoms with Gasteiger partial charge >= 0.3 is 5.97 Å². The maximum Gasteiger partial charge on any atom is 0.358 e. The topological polar surface area (TPSA) is 80.3 Å². The molecule has 6 nitrogen and oxygen atoms in total. The predicted molar refractivity (Wildman–Crippen MR) is 65.4 cm³/mol. The van der Waals surface area contributed by atoms with E-state index in [9.17, 15) is 9.59 Å². The van der Waals surface area contributed by atoms with Crippen molar-refractivity contribution in [1.82, 2.24) is 10.3 Å². The number of likely N-dealkylation sites (N-methyl/N-ethyl adjacent to an activating group) is 1. The Morgan fingerprint density at radius 1 is 1.47 bits per heavy atom. The average molecular weight is 257 g/mol. The van der Waals surface area contributed by atoms with Gasteiger partial charge in [-0.25, -0.2) is 9.78 Å². The van der Waals surface area contributed by atoms with Gasteiger partial charge in [0.25, 0.3) is 0 Å². The lowest BCUT2D eigenvalue weighted by molar-refractivity contribution is -0.118. The molecule has 1 rings (SSSR count). The van der Waals surface area contributed by atoms with E-state index in [0.29, 0.717) is 17.4 Å². The summed E-state index contributed by atoms with van der Waals surface area (Å²) in [4.78, 5) is 27.4. The lowest BCUT2D eigenvalue weighted by atomic mass is 10.4. The standard InChI is InChI=1S/C10H15N3O3S/c1-4-16-9(15)8-6(2)17-10(13-8)12-5-7(14)11-3/h4-5H2,1-3H3,(H,11,14)(H,12,13). The summed E-state index contributed by atoms with van der Waals surface area (Å²) in [7, 11) is 1.56. The van der Waals surface area contributed by atoms with Crippen molar-refractivity contribution in [2.45, 2.75) is 13.8 Å². The lowest BCUT2D eigenvalue weighted by Gasteiger charge is -2.00. The van der Waals surface area contributed by atoms with Gasteiger partial charge in [0.15, 0.2) is 10.8 Å². The molecule has 0 aliphatic carbocycles. The quantitative estimate of drug-likeness (QED) is 0.762. The highest BCUT2D eigenvalue weighted by Gasteiger charge is 2.16. The van der Waals surface area contributed by atoms with Gasteiger partial charge in [-0.2, -0.15) is 0 Å². The van der Waals surface area contributed by atoms with Gasteiger partial charge in [0, 0.05) is 11.9 Å². The van der Waals surface area contributed by atoms with Crippen molar-refractivity contribution < 1.29 is 14.3 Å². The first-order valence-electron chi connectivity index (χ1n) is 5.17. The molecule has 0 saturated heterocycles. The maximum atomic E-state index is 11.5. The molecule has 2 N–H and O–H groups in total. The van der Waals surface area contributed by atoms with Crippen LogP contribution in [0.2, 0.25) is 0 Å². The average Bonchev–Trinajstić information content (AvgIpc) is 2.68. The zero-order valence-corrected chi connectivity index (χ0v) is 10.8. The van der Waals surface area contributed by atoms with Crippen molar-refractivity contribution in [1.29, 1.82) is 0 Å². The molecule has 0 aliphatic heterocycles. The van der Waals surface area contributed by atoms with Crippen molar-refractivity contribution in [3.63, 3.8) is 0 Å². The van der Waals surface area contributed by atoms with Gasteiger partial charge in [-0.3, -0.25) is 4.79 Å². The number of carbonyl (C=O) groups is 2. The van der Waals surface area contributed by atoms with E-state index in [0.717, 1.165) is 4.88 Å². The molecule has 0 fully saturated rings. The second-order valence-electron chi connectivity index (χ2n) is 3.17. The molecule has 0 unspecified atom stereocenters. The number of ether oxygens (including phenoxy) is 1. The monoisotopic (exact) mass is 257 g/mol. The largest absolute Gasteiger partial charge is 0.461 e. The number of anilines is 1. The van der Waals surface area contributed by atoms with Crippen LogP contribution in [0.4, 0.5) is 5.13 Å². The van der Waals surface area contributed by atoms with Gasteiger partial charge in [-0.1, -0.05) is 0 Å². The van der Waals surface area contributed by atoms with Crippen LogP contribution in [0.3, 0.4) is 0 Å². The van der Waals surface area contributed by atoms with Gasteiger partial charge in [-0.05, 0) is 13.8 Å². The molecule has 94 valence electrons. The Hall–Kier alpha value is -1.63. The first kappa shape index (κ1) is 13.4. The number of esters is 1. The van der Waals surface area contributed by atoms with Crippen LogP contribution < -0.4 is 10.6 Å². The summed E-state index contributed by atoms with van der Waals surface area (Å²) in [5.74, 6) is -0.579. The van der Waals surface area contributed by atoms with Crippen molar-refractivity contribution >= 4 is 28.3 Å². The highest BCUT2D eigenvalue weighted by molar-refractivity contribution is 7.15. The minimum absolute atomic E-state index is 0.131. The minimum Gasteiger partial charge on any atom is -0.461 e. The summed E-state index contributed by atoms with van der Waals surface area (Å²) in [6, 6.07) is 0. The summed E-state index contributed by atoms with van der Waals surface area (Å²) >= 11 is 1.32. The molecule has 0 aromatic carbocycles. The number of aryl methyl sites for hydroxylation is 1. The molecule has 7 heteroatoms. The molecule has 0 atom stereocenters. The van der Waals surface area contributed by atoms with Gasteiger partial charge in [0.05, 0.1) is 13.2 Å². The Labute approximate surface area is 103 Å². The molecule has 1 aromatic rings. The molecular formula is C10H15N3O3S. The predicted octanol–water partition coefficient (Wildman–Crippen LogP) is 0.786. The highest BCUT2D eigenvalue weighted by atomic mass is 32.1. The Balaban J connectivity index is 2.68. The number of aromatic nitrogens is 1. The number of amides is 1. The molecule has 1 heterocycles. The van der Waals surface area contributed by atoms with Crippen LogP contribution in [0.15, 0.2) is 0 Å². The van der Waals surface area contributed by atoms with Crippen LogP contribution in [0.5, 0.6) is 0 Å². The third-order valence-corrected chi connectivity index (χ3v) is 2.87. The fraction of sp³-hybridized carbons (Fsp3) is 0.500. The molecule has 0 aliphatic rings. The zero-order chi connectivity index (χ0) is 12.8. The Morgan fingerprint density at radius 2 is 2.18 bits per heavy atom. The molecule has 0 bridgehead atoms. The summed E-state index contributed by atoms with van der Waals surface area (Å²) in [5, 5.41) is 5.86. The summed E-state index contributed by atoms with van der Waals surface area (Å²) < 4.78 is 4.87. The third kappa shape index (κ3) is 3.70.